The highest BCUT2D eigenvalue weighted by Crippen LogP contribution is 2.69. The smallest absolute Gasteiger partial charge is 0.390 e. The molecule has 11 atom stereocenters. The number of nitrogens with zero attached hydrogens (tertiary/aromatic N) is 2. The molecule has 31 nitrogen and oxygen atoms in total. The topological polar surface area (TPSA) is 457 Å². The van der Waals surface area contributed by atoms with Crippen molar-refractivity contribution < 1.29 is 107 Å². The molecule has 2 saturated heterocycles. The van der Waals surface area contributed by atoms with E-state index in [-0.39, 0.29) is 17.5 Å². The van der Waals surface area contributed by atoms with Gasteiger partial charge < -0.3 is 48.8 Å². The molecule has 324 valence electrons. The minimum atomic E-state index is -6.21. The molecule has 0 bridgehead atoms. The number of nitrogens with one attached hydrogen (secondary N) is 2. The van der Waals surface area contributed by atoms with E-state index in [1.807, 2.05) is 9.97 Å². The van der Waals surface area contributed by atoms with Crippen LogP contribution in [0.5, 0.6) is 0 Å². The zero-order valence-electron chi connectivity index (χ0n) is 28.4. The summed E-state index contributed by atoms with van der Waals surface area (Å²) in [5, 5.41) is 10.3. The molecule has 0 amide bonds. The highest BCUT2D eigenvalue weighted by molar-refractivity contribution is 7.67. The van der Waals surface area contributed by atoms with Crippen LogP contribution in [0.15, 0.2) is 31.6 Å². The summed E-state index contributed by atoms with van der Waals surface area (Å²) >= 11 is 0. The van der Waals surface area contributed by atoms with E-state index in [4.69, 9.17) is 23.8 Å². The number of phosphoric acid groups is 6. The minimum Gasteiger partial charge on any atom is -0.390 e. The third-order valence-electron chi connectivity index (χ3n) is 7.20. The molecule has 0 spiro atoms. The number of hydrogen-bond acceptors (Lipinski definition) is 20. The molecule has 2 aromatic rings. The molecule has 0 radical (unpaired) electrons. The Hall–Kier alpha value is -1.94. The summed E-state index contributed by atoms with van der Waals surface area (Å²) < 4.78 is 114. The maximum atomic E-state index is 12.9. The summed E-state index contributed by atoms with van der Waals surface area (Å²) in [7, 11) is -35.7. The number of aliphatic hydroxyl groups is 1. The zero-order chi connectivity index (χ0) is 43.1. The van der Waals surface area contributed by atoms with Crippen LogP contribution in [0.1, 0.15) is 36.4 Å². The van der Waals surface area contributed by atoms with Gasteiger partial charge in [-0.2, -0.15) is 17.2 Å². The summed E-state index contributed by atoms with van der Waals surface area (Å²) in [6.07, 6.45) is -8.92. The molecule has 2 fully saturated rings. The van der Waals surface area contributed by atoms with Crippen molar-refractivity contribution in [2.45, 2.75) is 63.6 Å². The summed E-state index contributed by atoms with van der Waals surface area (Å²) in [4.78, 5) is 119. The van der Waals surface area contributed by atoms with Crippen molar-refractivity contribution in [1.82, 2.24) is 19.1 Å². The average Bonchev–Trinajstić information content (AvgIpc) is 3.57. The molecule has 4 rings (SSSR count). The largest absolute Gasteiger partial charge is 0.490 e. The van der Waals surface area contributed by atoms with E-state index in [0.29, 0.717) is 4.57 Å². The van der Waals surface area contributed by atoms with Crippen LogP contribution in [0, 0.1) is 13.8 Å². The van der Waals surface area contributed by atoms with Crippen LogP contribution in [0.3, 0.4) is 0 Å². The predicted molar refractivity (Wildman–Crippen MR) is 177 cm³/mol. The van der Waals surface area contributed by atoms with Gasteiger partial charge in [0.15, 0.2) is 0 Å². The maximum absolute atomic E-state index is 12.9. The highest BCUT2D eigenvalue weighted by Gasteiger charge is 2.49. The SMILES string of the molecule is Cc1cn([C@H]2C[C@H](OP(=O)(O)OP(=O)(O)OP(=O)(O)OC[C@H]3O[C@@H](n4cc(C)c(=O)[nH]c4=O)C[C@@H]3O)[C@@H](COP(=O)(O)OP(=O)(O)OP(=O)(O)O)O2)c(=O)[nH]c1=O. The normalized spacial score (nSPS) is 28.2. The van der Waals surface area contributed by atoms with E-state index >= 15 is 0 Å². The Morgan fingerprint density at radius 2 is 1.04 bits per heavy atom. The van der Waals surface area contributed by atoms with Crippen molar-refractivity contribution >= 4 is 46.9 Å². The first-order valence-electron chi connectivity index (χ1n) is 15.0. The number of H-pyrrole nitrogens is 2. The zero-order valence-corrected chi connectivity index (χ0v) is 33.7. The van der Waals surface area contributed by atoms with E-state index in [0.717, 1.165) is 17.0 Å². The first-order valence-corrected chi connectivity index (χ1v) is 24.0. The highest BCUT2D eigenvalue weighted by atomic mass is 31.3. The molecule has 37 heteroatoms. The van der Waals surface area contributed by atoms with E-state index in [1.54, 1.807) is 0 Å². The second-order valence-corrected chi connectivity index (χ2v) is 20.7. The first kappa shape index (κ1) is 47.7. The summed E-state index contributed by atoms with van der Waals surface area (Å²) in [6, 6.07) is 0. The molecule has 4 heterocycles. The number of phosphoric ester groups is 3. The van der Waals surface area contributed by atoms with Gasteiger partial charge in [0, 0.05) is 36.4 Å². The lowest BCUT2D eigenvalue weighted by atomic mass is 10.2. The third-order valence-corrected chi connectivity index (χ3v) is 15.3. The van der Waals surface area contributed by atoms with Crippen LogP contribution in [0.4, 0.5) is 0 Å². The fourth-order valence-electron chi connectivity index (χ4n) is 4.90. The third kappa shape index (κ3) is 13.8. The average molecular weight is 946 g/mol. The summed E-state index contributed by atoms with van der Waals surface area (Å²) in [5.41, 5.74) is -3.64. The lowest BCUT2D eigenvalue weighted by Crippen LogP contribution is -2.33. The van der Waals surface area contributed by atoms with Gasteiger partial charge in [-0.15, -0.1) is 0 Å². The van der Waals surface area contributed by atoms with Gasteiger partial charge in [0.25, 0.3) is 11.1 Å². The molecule has 2 aliphatic heterocycles. The minimum absolute atomic E-state index is 0.0859. The fraction of sp³-hybridized carbons (Fsp3) is 0.600. The van der Waals surface area contributed by atoms with Gasteiger partial charge in [-0.05, 0) is 13.8 Å². The maximum Gasteiger partial charge on any atom is 0.490 e. The van der Waals surface area contributed by atoms with Crippen molar-refractivity contribution in [2.75, 3.05) is 13.2 Å². The van der Waals surface area contributed by atoms with Gasteiger partial charge in [-0.25, -0.2) is 37.0 Å². The van der Waals surface area contributed by atoms with Gasteiger partial charge in [-0.3, -0.25) is 42.3 Å². The molecular formula is C20H32N4O27P6. The number of aromatic amines is 2. The Morgan fingerprint density at radius 1 is 0.632 bits per heavy atom. The van der Waals surface area contributed by atoms with Gasteiger partial charge >= 0.3 is 58.3 Å². The van der Waals surface area contributed by atoms with Crippen LogP contribution in [-0.4, -0.2) is 96.1 Å². The monoisotopic (exact) mass is 946 g/mol. The molecule has 0 aliphatic carbocycles. The van der Waals surface area contributed by atoms with Crippen molar-refractivity contribution in [3.8, 4) is 0 Å². The summed E-state index contributed by atoms with van der Waals surface area (Å²) in [6.45, 7) is 0.136. The number of ether oxygens (including phenoxy) is 2. The molecule has 0 aromatic carbocycles. The van der Waals surface area contributed by atoms with E-state index in [9.17, 15) is 76.1 Å². The standard InChI is InChI=1S/C20H32N4O27P6/c1-9-5-23(19(28)21-17(9)26)15-3-11(25)13(45-15)7-43-53(33,34)50-57(41,42)51-55(37,38)47-12-4-16(24-6-10(2)18(27)22-20(24)29)46-14(12)8-44-54(35,36)49-56(39,40)48-52(30,31)32/h5-6,11-16,25H,3-4,7-8H2,1-2H3,(H,33,34)(H,35,36)(H,37,38)(H,39,40)(H,41,42)(H,21,26,28)(H,22,27,29)(H2,30,31,32)/t11-,12-,13+,14+,15+,16+/m0/s1. The van der Waals surface area contributed by atoms with E-state index < -0.39 is 126 Å². The van der Waals surface area contributed by atoms with Gasteiger partial charge in [0.1, 0.15) is 30.8 Å². The number of aryl methyl sites for hydroxylation is 2. The molecule has 57 heavy (non-hydrogen) atoms. The van der Waals surface area contributed by atoms with Crippen molar-refractivity contribution in [3.63, 3.8) is 0 Å². The number of hydrogen-bond donors (Lipinski definition) is 10. The second kappa shape index (κ2) is 17.6. The van der Waals surface area contributed by atoms with Gasteiger partial charge in [0.05, 0.1) is 19.3 Å². The Morgan fingerprint density at radius 3 is 1.51 bits per heavy atom. The molecule has 10 N–H and O–H groups in total. The van der Waals surface area contributed by atoms with Gasteiger partial charge in [-0.1, -0.05) is 0 Å². The Labute approximate surface area is 314 Å². The van der Waals surface area contributed by atoms with Crippen molar-refractivity contribution in [2.24, 2.45) is 0 Å². The molecular weight excluding hydrogens is 914 g/mol. The first-order chi connectivity index (χ1) is 25.9. The number of aromatic nitrogens is 4. The molecule has 2 aliphatic rings. The van der Waals surface area contributed by atoms with E-state index in [2.05, 4.69) is 26.3 Å². The van der Waals surface area contributed by atoms with Gasteiger partial charge in [0.2, 0.25) is 0 Å². The van der Waals surface area contributed by atoms with Crippen LogP contribution in [0.2, 0.25) is 0 Å². The molecule has 2 aromatic heterocycles. The van der Waals surface area contributed by atoms with Crippen LogP contribution in [-0.2, 0) is 67.7 Å². The summed E-state index contributed by atoms with van der Waals surface area (Å²) in [5.74, 6) is 0. The van der Waals surface area contributed by atoms with Crippen LogP contribution < -0.4 is 22.5 Å². The molecule has 5 unspecified atom stereocenters. The van der Waals surface area contributed by atoms with Crippen LogP contribution in [0.25, 0.3) is 0 Å². The Kier molecular flexibility index (Phi) is 14.7. The van der Waals surface area contributed by atoms with E-state index in [1.165, 1.54) is 13.8 Å². The fourth-order valence-corrected chi connectivity index (χ4v) is 11.6. The number of aliphatic hydroxyl groups excluding tert-OH is 1. The molecule has 0 saturated carbocycles. The lowest BCUT2D eigenvalue weighted by molar-refractivity contribution is -0.0456. The second-order valence-electron chi connectivity index (χ2n) is 11.6. The van der Waals surface area contributed by atoms with Crippen molar-refractivity contribution in [3.05, 3.63) is 65.2 Å². The predicted octanol–water partition coefficient (Wildman–Crippen LogP) is -1.28. The number of rotatable bonds is 18. The Balaban J connectivity index is 1.44. The van der Waals surface area contributed by atoms with Crippen molar-refractivity contribution in [1.29, 1.82) is 0 Å². The Bertz CT molecular complexity index is 2370. The van der Waals surface area contributed by atoms with Crippen LogP contribution >= 0.6 is 46.9 Å². The quantitative estimate of drug-likeness (QED) is 0.0778. The lowest BCUT2D eigenvalue weighted by Gasteiger charge is -2.23.